The Bertz CT molecular complexity index is 520. The molecule has 0 bridgehead atoms. The number of aromatic nitrogens is 1. The number of nitrogens with zero attached hydrogens (tertiary/aromatic N) is 1. The van der Waals surface area contributed by atoms with Crippen molar-refractivity contribution in [2.75, 3.05) is 19.0 Å². The molecule has 2 rings (SSSR count). The number of benzene rings is 1. The third-order valence-electron chi connectivity index (χ3n) is 2.41. The number of hydrogen-bond acceptors (Lipinski definition) is 6. The smallest absolute Gasteiger partial charge is 0.257 e. The summed E-state index contributed by atoms with van der Waals surface area (Å²) < 4.78 is 5.45. The molecule has 0 spiro atoms. The number of aliphatic hydroxyl groups excluding tert-OH is 2. The van der Waals surface area contributed by atoms with Crippen LogP contribution in [0, 0.1) is 0 Å². The van der Waals surface area contributed by atoms with Crippen molar-refractivity contribution in [2.24, 2.45) is 0 Å². The molecule has 2 aromatic rings. The Balaban J connectivity index is 1.89. The summed E-state index contributed by atoms with van der Waals surface area (Å²) in [6, 6.07) is 6.72. The molecule has 0 aliphatic heterocycles. The van der Waals surface area contributed by atoms with E-state index in [0.717, 1.165) is 17.3 Å². The Morgan fingerprint density at radius 2 is 2.11 bits per heavy atom. The topological polar surface area (TPSA) is 95.6 Å². The minimum atomic E-state index is -0.628. The van der Waals surface area contributed by atoms with E-state index < -0.39 is 6.04 Å². The number of amides is 1. The first-order chi connectivity index (χ1) is 9.22. The minimum absolute atomic E-state index is 0.114. The molecule has 0 saturated heterocycles. The molecule has 0 radical (unpaired) electrons. The van der Waals surface area contributed by atoms with Crippen molar-refractivity contribution in [3.8, 4) is 0 Å². The van der Waals surface area contributed by atoms with Crippen molar-refractivity contribution < 1.29 is 19.4 Å². The molecule has 19 heavy (non-hydrogen) atoms. The molecule has 0 atom stereocenters. The van der Waals surface area contributed by atoms with Crippen LogP contribution in [-0.2, 0) is 4.79 Å². The Morgan fingerprint density at radius 1 is 1.37 bits per heavy atom. The maximum Gasteiger partial charge on any atom is 0.257 e. The average Bonchev–Trinajstić information content (AvgIpc) is 2.85. The fourth-order valence-corrected chi connectivity index (χ4v) is 2.11. The third kappa shape index (κ3) is 3.69. The van der Waals surface area contributed by atoms with Crippen LogP contribution < -0.4 is 5.32 Å². The lowest BCUT2D eigenvalue weighted by atomic mass is 10.3. The Labute approximate surface area is 113 Å². The van der Waals surface area contributed by atoms with E-state index in [2.05, 4.69) is 10.3 Å². The monoisotopic (exact) mass is 282 g/mol. The predicted octanol–water partition coefficient (Wildman–Crippen LogP) is 0.389. The number of carbonyl (C=O) groups excluding carboxylic acids is 1. The third-order valence-corrected chi connectivity index (χ3v) is 3.23. The van der Waals surface area contributed by atoms with Gasteiger partial charge >= 0.3 is 0 Å². The Kier molecular flexibility index (Phi) is 4.78. The lowest BCUT2D eigenvalue weighted by molar-refractivity contribution is -0.119. The van der Waals surface area contributed by atoms with E-state index in [-0.39, 0.29) is 24.9 Å². The van der Waals surface area contributed by atoms with Gasteiger partial charge in [0.1, 0.15) is 5.52 Å². The fourth-order valence-electron chi connectivity index (χ4n) is 1.46. The normalized spacial score (nSPS) is 11.1. The summed E-state index contributed by atoms with van der Waals surface area (Å²) in [5, 5.41) is 20.6. The molecular formula is C12H14N2O4S. The van der Waals surface area contributed by atoms with E-state index in [9.17, 15) is 4.79 Å². The van der Waals surface area contributed by atoms with E-state index in [1.807, 2.05) is 18.2 Å². The van der Waals surface area contributed by atoms with Crippen LogP contribution in [0.25, 0.3) is 11.1 Å². The van der Waals surface area contributed by atoms with Gasteiger partial charge in [-0.05, 0) is 12.1 Å². The van der Waals surface area contributed by atoms with Crippen molar-refractivity contribution in [1.82, 2.24) is 10.3 Å². The van der Waals surface area contributed by atoms with Gasteiger partial charge in [-0.2, -0.15) is 0 Å². The number of rotatable bonds is 6. The van der Waals surface area contributed by atoms with Gasteiger partial charge in [0.2, 0.25) is 5.91 Å². The van der Waals surface area contributed by atoms with Crippen molar-refractivity contribution in [1.29, 1.82) is 0 Å². The second kappa shape index (κ2) is 6.55. The van der Waals surface area contributed by atoms with E-state index in [1.165, 1.54) is 0 Å². The SMILES string of the molecule is O=C(CSc1nc2ccccc2o1)NC(CO)CO. The lowest BCUT2D eigenvalue weighted by Gasteiger charge is -2.12. The summed E-state index contributed by atoms with van der Waals surface area (Å²) in [5.41, 5.74) is 1.42. The van der Waals surface area contributed by atoms with Gasteiger partial charge in [0.25, 0.3) is 5.22 Å². The fraction of sp³-hybridized carbons (Fsp3) is 0.333. The predicted molar refractivity (Wildman–Crippen MR) is 70.8 cm³/mol. The van der Waals surface area contributed by atoms with Gasteiger partial charge in [0, 0.05) is 0 Å². The highest BCUT2D eigenvalue weighted by Gasteiger charge is 2.12. The molecule has 0 saturated carbocycles. The summed E-state index contributed by atoms with van der Waals surface area (Å²) in [6.45, 7) is -0.592. The maximum absolute atomic E-state index is 11.5. The first-order valence-corrected chi connectivity index (χ1v) is 6.71. The van der Waals surface area contributed by atoms with Gasteiger partial charge in [0.15, 0.2) is 5.58 Å². The van der Waals surface area contributed by atoms with Crippen molar-refractivity contribution in [2.45, 2.75) is 11.3 Å². The highest BCUT2D eigenvalue weighted by molar-refractivity contribution is 7.99. The van der Waals surface area contributed by atoms with E-state index >= 15 is 0 Å². The molecule has 0 unspecified atom stereocenters. The molecule has 1 heterocycles. The molecule has 0 fully saturated rings. The number of para-hydroxylation sites is 2. The number of carbonyl (C=O) groups is 1. The molecule has 0 aliphatic rings. The Hall–Kier alpha value is -1.57. The van der Waals surface area contributed by atoms with Crippen LogP contribution in [0.1, 0.15) is 0 Å². The molecule has 1 aromatic carbocycles. The van der Waals surface area contributed by atoms with Crippen LogP contribution >= 0.6 is 11.8 Å². The molecule has 1 aromatic heterocycles. The average molecular weight is 282 g/mol. The standard InChI is InChI=1S/C12H14N2O4S/c15-5-8(6-16)13-11(17)7-19-12-14-9-3-1-2-4-10(9)18-12/h1-4,8,15-16H,5-7H2,(H,13,17). The highest BCUT2D eigenvalue weighted by Crippen LogP contribution is 2.22. The first-order valence-electron chi connectivity index (χ1n) is 5.72. The highest BCUT2D eigenvalue weighted by atomic mass is 32.2. The molecule has 0 aliphatic carbocycles. The number of oxazole rings is 1. The molecule has 7 heteroatoms. The van der Waals surface area contributed by atoms with E-state index in [4.69, 9.17) is 14.6 Å². The van der Waals surface area contributed by atoms with Crippen LogP contribution in [0.5, 0.6) is 0 Å². The lowest BCUT2D eigenvalue weighted by Crippen LogP contribution is -2.40. The zero-order valence-electron chi connectivity index (χ0n) is 10.1. The summed E-state index contributed by atoms with van der Waals surface area (Å²) in [5.74, 6) is -0.177. The molecule has 3 N–H and O–H groups in total. The van der Waals surface area contributed by atoms with Crippen LogP contribution in [0.4, 0.5) is 0 Å². The van der Waals surface area contributed by atoms with Gasteiger partial charge in [-0.1, -0.05) is 23.9 Å². The maximum atomic E-state index is 11.5. The summed E-state index contributed by atoms with van der Waals surface area (Å²) >= 11 is 1.16. The van der Waals surface area contributed by atoms with Gasteiger partial charge < -0.3 is 19.9 Å². The number of fused-ring (bicyclic) bond motifs is 1. The summed E-state index contributed by atoms with van der Waals surface area (Å²) in [6.07, 6.45) is 0. The van der Waals surface area contributed by atoms with Gasteiger partial charge in [-0.15, -0.1) is 0 Å². The van der Waals surface area contributed by atoms with Crippen LogP contribution in [-0.4, -0.2) is 46.1 Å². The van der Waals surface area contributed by atoms with Crippen molar-refractivity contribution in [3.05, 3.63) is 24.3 Å². The number of thioether (sulfide) groups is 1. The molecule has 1 amide bonds. The molecular weight excluding hydrogens is 268 g/mol. The van der Waals surface area contributed by atoms with Crippen LogP contribution in [0.3, 0.4) is 0 Å². The molecule has 102 valence electrons. The number of nitrogens with one attached hydrogen (secondary N) is 1. The zero-order valence-corrected chi connectivity index (χ0v) is 10.9. The second-order valence-corrected chi connectivity index (χ2v) is 4.79. The van der Waals surface area contributed by atoms with E-state index in [0.29, 0.717) is 10.8 Å². The van der Waals surface area contributed by atoms with E-state index in [1.54, 1.807) is 6.07 Å². The first kappa shape index (κ1) is 13.9. The van der Waals surface area contributed by atoms with Crippen LogP contribution in [0.15, 0.2) is 33.9 Å². The van der Waals surface area contributed by atoms with Crippen LogP contribution in [0.2, 0.25) is 0 Å². The summed E-state index contributed by atoms with van der Waals surface area (Å²) in [4.78, 5) is 15.8. The zero-order chi connectivity index (χ0) is 13.7. The Morgan fingerprint density at radius 3 is 2.79 bits per heavy atom. The largest absolute Gasteiger partial charge is 0.431 e. The number of hydrogen-bond donors (Lipinski definition) is 3. The van der Waals surface area contributed by atoms with Crippen molar-refractivity contribution >= 4 is 28.8 Å². The minimum Gasteiger partial charge on any atom is -0.431 e. The quantitative estimate of drug-likeness (QED) is 0.663. The molecule has 6 nitrogen and oxygen atoms in total. The number of aliphatic hydroxyl groups is 2. The van der Waals surface area contributed by atoms with Gasteiger partial charge in [-0.25, -0.2) is 4.98 Å². The second-order valence-electron chi connectivity index (χ2n) is 3.87. The van der Waals surface area contributed by atoms with Gasteiger partial charge in [-0.3, -0.25) is 4.79 Å². The van der Waals surface area contributed by atoms with Crippen molar-refractivity contribution in [3.63, 3.8) is 0 Å². The van der Waals surface area contributed by atoms with Gasteiger partial charge in [0.05, 0.1) is 25.0 Å². The summed E-state index contributed by atoms with van der Waals surface area (Å²) in [7, 11) is 0.